The largest absolute Gasteiger partial charge is 0.478 e. The molecule has 1 fully saturated rings. The Bertz CT molecular complexity index is 201. The highest BCUT2D eigenvalue weighted by Crippen LogP contribution is 2.22. The molecule has 1 aliphatic heterocycles. The summed E-state index contributed by atoms with van der Waals surface area (Å²) >= 11 is 0. The van der Waals surface area contributed by atoms with Crippen molar-refractivity contribution in [2.75, 3.05) is 19.6 Å². The van der Waals surface area contributed by atoms with E-state index in [1.54, 1.807) is 0 Å². The number of carboxylic acids is 1. The maximum absolute atomic E-state index is 10.6. The molecule has 0 aromatic heterocycles. The molecular formula is C9H15NO2. The van der Waals surface area contributed by atoms with Crippen LogP contribution in [0.25, 0.3) is 0 Å². The first-order valence-electron chi connectivity index (χ1n) is 4.29. The van der Waals surface area contributed by atoms with Crippen LogP contribution in [0.15, 0.2) is 12.2 Å². The molecule has 0 aromatic rings. The molecule has 0 spiro atoms. The van der Waals surface area contributed by atoms with Crippen LogP contribution in [0.2, 0.25) is 0 Å². The molecule has 1 N–H and O–H groups in total. The summed E-state index contributed by atoms with van der Waals surface area (Å²) in [5.74, 6) is -0.680. The molecule has 3 heteroatoms. The minimum absolute atomic E-state index is 0.169. The Morgan fingerprint density at radius 2 is 2.42 bits per heavy atom. The van der Waals surface area contributed by atoms with Crippen molar-refractivity contribution < 1.29 is 9.90 Å². The van der Waals surface area contributed by atoms with Crippen LogP contribution < -0.4 is 0 Å². The molecule has 1 heterocycles. The number of aliphatic carboxylic acids is 1. The smallest absolute Gasteiger partial charge is 0.331 e. The molecule has 1 aliphatic rings. The van der Waals surface area contributed by atoms with Crippen LogP contribution in [0.1, 0.15) is 13.3 Å². The first kappa shape index (κ1) is 9.26. The van der Waals surface area contributed by atoms with Gasteiger partial charge in [-0.2, -0.15) is 0 Å². The molecule has 68 valence electrons. The van der Waals surface area contributed by atoms with E-state index in [-0.39, 0.29) is 5.92 Å². The Hall–Kier alpha value is -0.830. The molecule has 3 nitrogen and oxygen atoms in total. The average Bonchev–Trinajstić information content (AvgIpc) is 2.50. The number of hydrogen-bond acceptors (Lipinski definition) is 2. The van der Waals surface area contributed by atoms with Crippen molar-refractivity contribution in [2.24, 2.45) is 5.92 Å². The van der Waals surface area contributed by atoms with E-state index in [0.717, 1.165) is 26.1 Å². The van der Waals surface area contributed by atoms with Gasteiger partial charge < -0.3 is 10.0 Å². The second-order valence-electron chi connectivity index (χ2n) is 3.21. The summed E-state index contributed by atoms with van der Waals surface area (Å²) in [7, 11) is 0. The van der Waals surface area contributed by atoms with E-state index >= 15 is 0 Å². The maximum atomic E-state index is 10.6. The van der Waals surface area contributed by atoms with Gasteiger partial charge in [0, 0.05) is 18.0 Å². The summed E-state index contributed by atoms with van der Waals surface area (Å²) in [6.45, 7) is 8.54. The lowest BCUT2D eigenvalue weighted by molar-refractivity contribution is -0.133. The topological polar surface area (TPSA) is 40.5 Å². The molecule has 1 saturated heterocycles. The summed E-state index contributed by atoms with van der Waals surface area (Å²) in [5.41, 5.74) is 0.367. The monoisotopic (exact) mass is 169 g/mol. The minimum Gasteiger partial charge on any atom is -0.478 e. The number of carbonyl (C=O) groups is 1. The van der Waals surface area contributed by atoms with E-state index in [4.69, 9.17) is 5.11 Å². The van der Waals surface area contributed by atoms with Crippen molar-refractivity contribution in [3.63, 3.8) is 0 Å². The lowest BCUT2D eigenvalue weighted by Gasteiger charge is -2.12. The zero-order chi connectivity index (χ0) is 9.14. The van der Waals surface area contributed by atoms with Gasteiger partial charge in [-0.3, -0.25) is 0 Å². The Morgan fingerprint density at radius 3 is 2.83 bits per heavy atom. The van der Waals surface area contributed by atoms with Crippen molar-refractivity contribution in [1.82, 2.24) is 4.90 Å². The van der Waals surface area contributed by atoms with Gasteiger partial charge in [0.05, 0.1) is 0 Å². The van der Waals surface area contributed by atoms with Gasteiger partial charge in [-0.25, -0.2) is 4.79 Å². The van der Waals surface area contributed by atoms with Crippen molar-refractivity contribution in [3.05, 3.63) is 12.2 Å². The molecular weight excluding hydrogens is 154 g/mol. The molecule has 0 saturated carbocycles. The van der Waals surface area contributed by atoms with Crippen LogP contribution in [0.3, 0.4) is 0 Å². The molecule has 1 rings (SSSR count). The minimum atomic E-state index is -0.849. The number of carboxylic acid groups (broad SMARTS) is 1. The molecule has 0 amide bonds. The fraction of sp³-hybridized carbons (Fsp3) is 0.667. The van der Waals surface area contributed by atoms with Crippen molar-refractivity contribution >= 4 is 5.97 Å². The molecule has 0 aliphatic carbocycles. The predicted octanol–water partition coefficient (Wildman–Crippen LogP) is 0.969. The highest BCUT2D eigenvalue weighted by atomic mass is 16.4. The fourth-order valence-electron chi connectivity index (χ4n) is 1.58. The van der Waals surface area contributed by atoms with E-state index in [1.807, 2.05) is 0 Å². The van der Waals surface area contributed by atoms with Crippen LogP contribution in [0.4, 0.5) is 0 Å². The van der Waals surface area contributed by atoms with E-state index in [2.05, 4.69) is 18.4 Å². The number of rotatable bonds is 3. The first-order chi connectivity index (χ1) is 5.65. The molecule has 12 heavy (non-hydrogen) atoms. The summed E-state index contributed by atoms with van der Waals surface area (Å²) < 4.78 is 0. The third kappa shape index (κ3) is 1.85. The zero-order valence-electron chi connectivity index (χ0n) is 7.42. The number of likely N-dealkylation sites (tertiary alicyclic amines) is 1. The van der Waals surface area contributed by atoms with E-state index in [9.17, 15) is 4.79 Å². The summed E-state index contributed by atoms with van der Waals surface area (Å²) in [6.07, 6.45) is 0.943. The van der Waals surface area contributed by atoms with Crippen molar-refractivity contribution in [2.45, 2.75) is 13.3 Å². The predicted molar refractivity (Wildman–Crippen MR) is 47.0 cm³/mol. The highest BCUT2D eigenvalue weighted by Gasteiger charge is 2.26. The normalized spacial score (nSPS) is 24.2. The molecule has 0 bridgehead atoms. The Morgan fingerprint density at radius 1 is 1.75 bits per heavy atom. The van der Waals surface area contributed by atoms with E-state index in [1.165, 1.54) is 0 Å². The second kappa shape index (κ2) is 3.72. The van der Waals surface area contributed by atoms with Gasteiger partial charge in [0.15, 0.2) is 0 Å². The third-order valence-corrected chi connectivity index (χ3v) is 2.49. The maximum Gasteiger partial charge on any atom is 0.331 e. The van der Waals surface area contributed by atoms with Crippen molar-refractivity contribution in [3.8, 4) is 0 Å². The average molecular weight is 169 g/mol. The lowest BCUT2D eigenvalue weighted by atomic mass is 10.0. The van der Waals surface area contributed by atoms with Crippen LogP contribution in [-0.2, 0) is 4.79 Å². The Kier molecular flexibility index (Phi) is 2.87. The molecule has 1 atom stereocenters. The molecule has 1 unspecified atom stereocenters. The van der Waals surface area contributed by atoms with Crippen LogP contribution in [0.5, 0.6) is 0 Å². The Balaban J connectivity index is 2.46. The zero-order valence-corrected chi connectivity index (χ0v) is 7.42. The fourth-order valence-corrected chi connectivity index (χ4v) is 1.58. The van der Waals surface area contributed by atoms with Gasteiger partial charge in [0.25, 0.3) is 0 Å². The Labute approximate surface area is 72.7 Å². The summed E-state index contributed by atoms with van der Waals surface area (Å²) in [4.78, 5) is 12.8. The van der Waals surface area contributed by atoms with Gasteiger partial charge in [0.1, 0.15) is 0 Å². The van der Waals surface area contributed by atoms with Crippen molar-refractivity contribution in [1.29, 1.82) is 0 Å². The van der Waals surface area contributed by atoms with Gasteiger partial charge >= 0.3 is 5.97 Å². The second-order valence-corrected chi connectivity index (χ2v) is 3.21. The lowest BCUT2D eigenvalue weighted by Crippen LogP contribution is -2.21. The van der Waals surface area contributed by atoms with Gasteiger partial charge in [-0.05, 0) is 19.5 Å². The number of hydrogen-bond donors (Lipinski definition) is 1. The molecule has 0 aromatic carbocycles. The quantitative estimate of drug-likeness (QED) is 0.640. The summed E-state index contributed by atoms with van der Waals surface area (Å²) in [5, 5.41) is 8.68. The van der Waals surface area contributed by atoms with Crippen LogP contribution in [-0.4, -0.2) is 35.6 Å². The van der Waals surface area contributed by atoms with Crippen LogP contribution in [0, 0.1) is 5.92 Å². The first-order valence-corrected chi connectivity index (χ1v) is 4.29. The summed E-state index contributed by atoms with van der Waals surface area (Å²) in [6, 6.07) is 0. The van der Waals surface area contributed by atoms with Gasteiger partial charge in [-0.1, -0.05) is 13.5 Å². The molecule has 0 radical (unpaired) electrons. The number of nitrogens with zero attached hydrogens (tertiary/aromatic N) is 1. The van der Waals surface area contributed by atoms with Gasteiger partial charge in [-0.15, -0.1) is 0 Å². The SMILES string of the molecule is C=C(C(=O)O)C1CCN(CC)C1. The van der Waals surface area contributed by atoms with Crippen LogP contribution >= 0.6 is 0 Å². The standard InChI is InChI=1S/C9H15NO2/c1-3-10-5-4-8(6-10)7(2)9(11)12/h8H,2-6H2,1H3,(H,11,12). The van der Waals surface area contributed by atoms with E-state index in [0.29, 0.717) is 5.57 Å². The van der Waals surface area contributed by atoms with Gasteiger partial charge in [0.2, 0.25) is 0 Å². The highest BCUT2D eigenvalue weighted by molar-refractivity contribution is 5.86. The van der Waals surface area contributed by atoms with E-state index < -0.39 is 5.97 Å². The third-order valence-electron chi connectivity index (χ3n) is 2.49.